The number of halogens is 1. The van der Waals surface area contributed by atoms with Crippen LogP contribution < -0.4 is 14.4 Å². The van der Waals surface area contributed by atoms with Gasteiger partial charge in [0.1, 0.15) is 12.4 Å². The third-order valence-corrected chi connectivity index (χ3v) is 10.4. The molecule has 0 unspecified atom stereocenters. The zero-order valence-corrected chi connectivity index (χ0v) is 26.0. The second-order valence-corrected chi connectivity index (χ2v) is 14.2. The van der Waals surface area contributed by atoms with Gasteiger partial charge in [0.25, 0.3) is 5.91 Å². The first-order valence-electron chi connectivity index (χ1n) is 15.0. The van der Waals surface area contributed by atoms with Gasteiger partial charge >= 0.3 is 0 Å². The van der Waals surface area contributed by atoms with E-state index in [9.17, 15) is 18.3 Å². The van der Waals surface area contributed by atoms with Crippen LogP contribution in [0.2, 0.25) is 5.02 Å². The van der Waals surface area contributed by atoms with E-state index < -0.39 is 21.5 Å². The molecule has 3 aliphatic rings. The van der Waals surface area contributed by atoms with Crippen LogP contribution in [-0.2, 0) is 27.8 Å². The van der Waals surface area contributed by atoms with Crippen LogP contribution in [-0.4, -0.2) is 56.6 Å². The van der Waals surface area contributed by atoms with E-state index in [1.807, 2.05) is 18.2 Å². The van der Waals surface area contributed by atoms with E-state index in [1.165, 1.54) is 6.08 Å². The Hall–Kier alpha value is -2.85. The molecule has 2 aliphatic heterocycles. The lowest BCUT2D eigenvalue weighted by molar-refractivity contribution is -0.124. The molecule has 232 valence electrons. The smallest absolute Gasteiger partial charge is 0.264 e. The molecule has 2 fully saturated rings. The molecule has 2 aromatic carbocycles. The number of sulfonamides is 1. The maximum absolute atomic E-state index is 13.0. The molecule has 1 aliphatic carbocycles. The number of amides is 1. The van der Waals surface area contributed by atoms with Crippen molar-refractivity contribution in [1.82, 2.24) is 4.72 Å². The number of nitrogens with zero attached hydrogens (tertiary/aromatic N) is 1. The van der Waals surface area contributed by atoms with Crippen molar-refractivity contribution < 1.29 is 27.8 Å². The molecule has 2 aromatic rings. The lowest BCUT2D eigenvalue weighted by Crippen LogP contribution is -2.49. The van der Waals surface area contributed by atoms with Gasteiger partial charge in [-0.1, -0.05) is 29.8 Å². The zero-order valence-electron chi connectivity index (χ0n) is 24.5. The number of benzene rings is 2. The van der Waals surface area contributed by atoms with Gasteiger partial charge in [-0.25, -0.2) is 13.1 Å². The first-order chi connectivity index (χ1) is 20.6. The number of aliphatic hydroxyl groups is 1. The number of nitrogens with one attached hydrogen (secondary N) is 1. The Morgan fingerprint density at radius 3 is 2.74 bits per heavy atom. The fraction of sp³-hybridized carbons (Fsp3) is 0.485. The molecule has 5 rings (SSSR count). The van der Waals surface area contributed by atoms with E-state index in [-0.39, 0.29) is 17.4 Å². The molecule has 1 saturated heterocycles. The fourth-order valence-corrected chi connectivity index (χ4v) is 7.42. The SMILES string of the molecule is C=CCS(=O)(=O)NC(=O)c1ccc2c(c1)N(C[C@@H]1CC[C@H]1[C@@H]1C[C@](O)(C=C)CCO1)CCCCc1cc(Cl)ccc1CO2. The van der Waals surface area contributed by atoms with Crippen LogP contribution in [0.1, 0.15) is 60.0 Å². The van der Waals surface area contributed by atoms with Gasteiger partial charge in [-0.05, 0) is 85.4 Å². The van der Waals surface area contributed by atoms with E-state index >= 15 is 0 Å². The van der Waals surface area contributed by atoms with Gasteiger partial charge in [-0.2, -0.15) is 0 Å². The largest absolute Gasteiger partial charge is 0.487 e. The second kappa shape index (κ2) is 13.4. The van der Waals surface area contributed by atoms with E-state index in [0.717, 1.165) is 62.0 Å². The first-order valence-corrected chi connectivity index (χ1v) is 17.0. The highest BCUT2D eigenvalue weighted by molar-refractivity contribution is 7.90. The van der Waals surface area contributed by atoms with Gasteiger partial charge in [-0.3, -0.25) is 4.79 Å². The summed E-state index contributed by atoms with van der Waals surface area (Å²) in [5.41, 5.74) is 2.31. The van der Waals surface area contributed by atoms with Crippen LogP contribution in [0.3, 0.4) is 0 Å². The van der Waals surface area contributed by atoms with Crippen molar-refractivity contribution in [2.45, 2.75) is 63.3 Å². The predicted molar refractivity (Wildman–Crippen MR) is 169 cm³/mol. The van der Waals surface area contributed by atoms with Gasteiger partial charge in [0.15, 0.2) is 0 Å². The number of ether oxygens (including phenoxy) is 2. The van der Waals surface area contributed by atoms with Crippen molar-refractivity contribution in [1.29, 1.82) is 0 Å². The van der Waals surface area contributed by atoms with Crippen LogP contribution in [0.4, 0.5) is 5.69 Å². The van der Waals surface area contributed by atoms with E-state index in [0.29, 0.717) is 48.7 Å². The Balaban J connectivity index is 1.43. The third kappa shape index (κ3) is 7.63. The van der Waals surface area contributed by atoms with Crippen molar-refractivity contribution >= 4 is 33.2 Å². The summed E-state index contributed by atoms with van der Waals surface area (Å²) in [4.78, 5) is 15.3. The molecule has 4 atom stereocenters. The second-order valence-electron chi connectivity index (χ2n) is 12.0. The lowest BCUT2D eigenvalue weighted by Gasteiger charge is -2.47. The molecule has 10 heteroatoms. The van der Waals surface area contributed by atoms with Gasteiger partial charge < -0.3 is 19.5 Å². The molecule has 0 spiro atoms. The van der Waals surface area contributed by atoms with Gasteiger partial charge in [-0.15, -0.1) is 13.2 Å². The maximum atomic E-state index is 13.0. The minimum absolute atomic E-state index is 0.0402. The average molecular weight is 629 g/mol. The summed E-state index contributed by atoms with van der Waals surface area (Å²) in [6.45, 7) is 9.61. The van der Waals surface area contributed by atoms with E-state index in [1.54, 1.807) is 24.3 Å². The highest BCUT2D eigenvalue weighted by Crippen LogP contribution is 2.44. The highest BCUT2D eigenvalue weighted by atomic mass is 35.5. The zero-order chi connectivity index (χ0) is 30.6. The molecule has 1 amide bonds. The number of carbonyl (C=O) groups excluding carboxylic acids is 1. The van der Waals surface area contributed by atoms with Gasteiger partial charge in [0, 0.05) is 36.5 Å². The Kier molecular flexibility index (Phi) is 9.86. The van der Waals surface area contributed by atoms with Crippen LogP contribution >= 0.6 is 11.6 Å². The van der Waals surface area contributed by atoms with Gasteiger partial charge in [0.2, 0.25) is 10.0 Å². The number of carbonyl (C=O) groups is 1. The van der Waals surface area contributed by atoms with Gasteiger partial charge in [0.05, 0.1) is 29.8 Å². The summed E-state index contributed by atoms with van der Waals surface area (Å²) < 4.78 is 39.3. The summed E-state index contributed by atoms with van der Waals surface area (Å²) in [5.74, 6) is 0.210. The summed E-state index contributed by atoms with van der Waals surface area (Å²) >= 11 is 6.31. The van der Waals surface area contributed by atoms with Crippen LogP contribution in [0.15, 0.2) is 61.7 Å². The predicted octanol–water partition coefficient (Wildman–Crippen LogP) is 5.43. The minimum atomic E-state index is -3.84. The molecule has 1 saturated carbocycles. The monoisotopic (exact) mass is 628 g/mol. The molecule has 43 heavy (non-hydrogen) atoms. The number of rotatable bonds is 8. The number of hydrogen-bond acceptors (Lipinski definition) is 7. The number of hydrogen-bond donors (Lipinski definition) is 2. The number of aryl methyl sites for hydroxylation is 1. The topological polar surface area (TPSA) is 105 Å². The molecule has 0 aromatic heterocycles. The van der Waals surface area contributed by atoms with Crippen LogP contribution in [0, 0.1) is 11.8 Å². The van der Waals surface area contributed by atoms with Crippen LogP contribution in [0.25, 0.3) is 0 Å². The summed E-state index contributed by atoms with van der Waals surface area (Å²) in [5, 5.41) is 11.6. The molecule has 0 bridgehead atoms. The molecule has 0 radical (unpaired) electrons. The molecular formula is C33H41ClN2O6S. The Bertz CT molecular complexity index is 1460. The number of anilines is 1. The van der Waals surface area contributed by atoms with E-state index in [2.05, 4.69) is 22.8 Å². The molecule has 2 heterocycles. The minimum Gasteiger partial charge on any atom is -0.487 e. The standard InChI is InChI=1S/C33H41ClN2O6S/c1-3-17-43(39,40)35-32(37)24-10-13-30-29(19-24)36(15-6-5-7-23-18-27(34)11-8-26(23)22-42-30)21-25-9-12-28(25)31-20-33(38,4-2)14-16-41-31/h3-4,8,10-11,13,18-19,25,28,31,38H,1-2,5-7,9,12,14-17,20-22H2,(H,35,37)/t25-,28+,31-,33-/m0/s1. The van der Waals surface area contributed by atoms with Crippen molar-refractivity contribution in [3.63, 3.8) is 0 Å². The van der Waals surface area contributed by atoms with Crippen molar-refractivity contribution in [2.24, 2.45) is 11.8 Å². The molecular weight excluding hydrogens is 588 g/mol. The fourth-order valence-electron chi connectivity index (χ4n) is 6.43. The maximum Gasteiger partial charge on any atom is 0.264 e. The number of fused-ring (bicyclic) bond motifs is 2. The van der Waals surface area contributed by atoms with E-state index in [4.69, 9.17) is 21.1 Å². The molecule has 8 nitrogen and oxygen atoms in total. The van der Waals surface area contributed by atoms with Crippen molar-refractivity contribution in [3.8, 4) is 5.75 Å². The summed E-state index contributed by atoms with van der Waals surface area (Å²) in [7, 11) is -3.84. The summed E-state index contributed by atoms with van der Waals surface area (Å²) in [6, 6.07) is 10.9. The summed E-state index contributed by atoms with van der Waals surface area (Å²) in [6.07, 6.45) is 8.74. The third-order valence-electron chi connectivity index (χ3n) is 9.03. The van der Waals surface area contributed by atoms with Crippen molar-refractivity contribution in [3.05, 3.63) is 83.4 Å². The Labute approximate surface area is 259 Å². The van der Waals surface area contributed by atoms with Crippen LogP contribution in [0.5, 0.6) is 5.75 Å². The normalized spacial score (nSPS) is 26.0. The Morgan fingerprint density at radius 1 is 1.16 bits per heavy atom. The highest BCUT2D eigenvalue weighted by Gasteiger charge is 2.44. The Morgan fingerprint density at radius 2 is 2.00 bits per heavy atom. The quantitative estimate of drug-likeness (QED) is 0.376. The lowest BCUT2D eigenvalue weighted by atomic mass is 9.67. The first kappa shape index (κ1) is 31.6. The average Bonchev–Trinajstić information content (AvgIpc) is 2.98. The van der Waals surface area contributed by atoms with Crippen molar-refractivity contribution in [2.75, 3.05) is 30.3 Å². The molecule has 2 N–H and O–H groups in total.